The van der Waals surface area contributed by atoms with Crippen molar-refractivity contribution in [2.75, 3.05) is 40.9 Å². The number of carbonyl (C=O) groups is 1. The maximum atomic E-state index is 11.9. The monoisotopic (exact) mass is 552 g/mol. The van der Waals surface area contributed by atoms with Gasteiger partial charge in [-0.05, 0) is 60.7 Å². The second-order valence-electron chi connectivity index (χ2n) is 7.41. The largest absolute Gasteiger partial charge is 0.493 e. The summed E-state index contributed by atoms with van der Waals surface area (Å²) in [7, 11) is 4.97. The number of carbonyl (C=O) groups excluding carboxylic acids is 1. The number of nitrogens with zero attached hydrogens (tertiary/aromatic N) is 2. The minimum Gasteiger partial charge on any atom is -0.493 e. The van der Waals surface area contributed by atoms with Crippen molar-refractivity contribution in [2.24, 2.45) is 4.99 Å². The molecule has 1 aliphatic rings. The molecule has 7 nitrogen and oxygen atoms in total. The van der Waals surface area contributed by atoms with Crippen molar-refractivity contribution < 1.29 is 14.3 Å². The molecule has 2 aromatic rings. The zero-order chi connectivity index (χ0) is 22.2. The first-order chi connectivity index (χ1) is 15.1. The average molecular weight is 552 g/mol. The number of guanidine groups is 1. The summed E-state index contributed by atoms with van der Waals surface area (Å²) in [5, 5.41) is 6.08. The summed E-state index contributed by atoms with van der Waals surface area (Å²) in [6, 6.07) is 11.8. The maximum absolute atomic E-state index is 11.9. The molecule has 0 saturated heterocycles. The molecule has 0 unspecified atom stereocenters. The van der Waals surface area contributed by atoms with Crippen molar-refractivity contribution in [1.82, 2.24) is 15.5 Å². The standard InChI is InChI=1S/C24H32N4O3.HI/c1-5-26-24(27-11-9-17-7-6-8-19(13-17)23(29)25-2)28-12-10-18-14-21(30-3)22(31-4)15-20(18)16-28;/h6-8,13-15H,5,9-12,16H2,1-4H3,(H,25,29)(H,26,27);1H. The third-order valence-electron chi connectivity index (χ3n) is 5.43. The van der Waals surface area contributed by atoms with Crippen LogP contribution < -0.4 is 20.1 Å². The molecule has 1 heterocycles. The summed E-state index contributed by atoms with van der Waals surface area (Å²) in [4.78, 5) is 19.0. The first-order valence-electron chi connectivity index (χ1n) is 10.7. The van der Waals surface area contributed by atoms with E-state index in [1.54, 1.807) is 21.3 Å². The summed E-state index contributed by atoms with van der Waals surface area (Å²) >= 11 is 0. The van der Waals surface area contributed by atoms with Gasteiger partial charge in [-0.15, -0.1) is 24.0 Å². The van der Waals surface area contributed by atoms with Crippen LogP contribution in [0.25, 0.3) is 0 Å². The Kier molecular flexibility index (Phi) is 10.1. The quantitative estimate of drug-likeness (QED) is 0.314. The van der Waals surface area contributed by atoms with Crippen molar-refractivity contribution in [2.45, 2.75) is 26.3 Å². The highest BCUT2D eigenvalue weighted by Crippen LogP contribution is 2.33. The summed E-state index contributed by atoms with van der Waals surface area (Å²) < 4.78 is 10.9. The summed E-state index contributed by atoms with van der Waals surface area (Å²) in [6.45, 7) is 5.19. The maximum Gasteiger partial charge on any atom is 0.251 e. The predicted molar refractivity (Wildman–Crippen MR) is 139 cm³/mol. The SMILES string of the molecule is CCNC(=NCCc1cccc(C(=O)NC)c1)N1CCc2cc(OC)c(OC)cc2C1.I. The number of halogens is 1. The van der Waals surface area contributed by atoms with Crippen LogP contribution in [0.2, 0.25) is 0 Å². The van der Waals surface area contributed by atoms with E-state index in [1.807, 2.05) is 24.3 Å². The normalized spacial score (nSPS) is 13.0. The Labute approximate surface area is 207 Å². The molecule has 0 bridgehead atoms. The third kappa shape index (κ3) is 6.27. The van der Waals surface area contributed by atoms with Crippen LogP contribution >= 0.6 is 24.0 Å². The Bertz CT molecular complexity index is 949. The fourth-order valence-corrected chi connectivity index (χ4v) is 3.79. The van der Waals surface area contributed by atoms with E-state index in [1.165, 1.54) is 11.1 Å². The molecule has 0 spiro atoms. The van der Waals surface area contributed by atoms with Gasteiger partial charge in [0.25, 0.3) is 5.91 Å². The van der Waals surface area contributed by atoms with Crippen LogP contribution in [0.4, 0.5) is 0 Å². The number of ether oxygens (including phenoxy) is 2. The number of aliphatic imine (C=N–C) groups is 1. The molecule has 2 N–H and O–H groups in total. The minimum absolute atomic E-state index is 0. The van der Waals surface area contributed by atoms with Gasteiger partial charge in [-0.25, -0.2) is 0 Å². The molecule has 8 heteroatoms. The average Bonchev–Trinajstić information content (AvgIpc) is 2.81. The van der Waals surface area contributed by atoms with Crippen LogP contribution in [0.15, 0.2) is 41.4 Å². The van der Waals surface area contributed by atoms with Crippen LogP contribution in [0.1, 0.15) is 34.0 Å². The molecule has 2 aromatic carbocycles. The highest BCUT2D eigenvalue weighted by atomic mass is 127. The van der Waals surface area contributed by atoms with Gasteiger partial charge in [0, 0.05) is 38.8 Å². The van der Waals surface area contributed by atoms with Gasteiger partial charge in [0.15, 0.2) is 17.5 Å². The van der Waals surface area contributed by atoms with Gasteiger partial charge in [-0.1, -0.05) is 12.1 Å². The summed E-state index contributed by atoms with van der Waals surface area (Å²) in [5.74, 6) is 2.36. The van der Waals surface area contributed by atoms with E-state index in [9.17, 15) is 4.79 Å². The van der Waals surface area contributed by atoms with Crippen molar-refractivity contribution in [1.29, 1.82) is 0 Å². The zero-order valence-corrected chi connectivity index (χ0v) is 21.6. The van der Waals surface area contributed by atoms with E-state index in [4.69, 9.17) is 14.5 Å². The van der Waals surface area contributed by atoms with Gasteiger partial charge in [0.05, 0.1) is 14.2 Å². The topological polar surface area (TPSA) is 75.2 Å². The molecule has 0 aliphatic carbocycles. The lowest BCUT2D eigenvalue weighted by molar-refractivity contribution is 0.0963. The molecule has 0 atom stereocenters. The summed E-state index contributed by atoms with van der Waals surface area (Å²) in [6.07, 6.45) is 1.70. The van der Waals surface area contributed by atoms with Gasteiger partial charge in [-0.2, -0.15) is 0 Å². The van der Waals surface area contributed by atoms with E-state index >= 15 is 0 Å². The predicted octanol–water partition coefficient (Wildman–Crippen LogP) is 3.25. The third-order valence-corrected chi connectivity index (χ3v) is 5.43. The molecule has 1 aliphatic heterocycles. The number of hydrogen-bond acceptors (Lipinski definition) is 4. The Balaban J connectivity index is 0.00000363. The number of hydrogen-bond donors (Lipinski definition) is 2. The highest BCUT2D eigenvalue weighted by Gasteiger charge is 2.21. The van der Waals surface area contributed by atoms with Crippen LogP contribution in [-0.2, 0) is 19.4 Å². The fourth-order valence-electron chi connectivity index (χ4n) is 3.79. The second kappa shape index (κ2) is 12.5. The van der Waals surface area contributed by atoms with Crippen molar-refractivity contribution in [3.8, 4) is 11.5 Å². The van der Waals surface area contributed by atoms with E-state index < -0.39 is 0 Å². The minimum atomic E-state index is -0.0715. The Hall–Kier alpha value is -2.49. The Morgan fingerprint density at radius 2 is 1.84 bits per heavy atom. The second-order valence-corrected chi connectivity index (χ2v) is 7.41. The van der Waals surface area contributed by atoms with E-state index in [0.717, 1.165) is 55.5 Å². The van der Waals surface area contributed by atoms with Crippen molar-refractivity contribution in [3.63, 3.8) is 0 Å². The lowest BCUT2D eigenvalue weighted by Gasteiger charge is -2.32. The summed E-state index contributed by atoms with van der Waals surface area (Å²) in [5.41, 5.74) is 4.29. The molecule has 32 heavy (non-hydrogen) atoms. The number of amides is 1. The van der Waals surface area contributed by atoms with Crippen LogP contribution in [0.3, 0.4) is 0 Å². The first kappa shape index (κ1) is 25.8. The molecule has 174 valence electrons. The van der Waals surface area contributed by atoms with Crippen LogP contribution in [0, 0.1) is 0 Å². The molecule has 0 aromatic heterocycles. The smallest absolute Gasteiger partial charge is 0.251 e. The fraction of sp³-hybridized carbons (Fsp3) is 0.417. The number of methoxy groups -OCH3 is 2. The van der Waals surface area contributed by atoms with Crippen molar-refractivity contribution in [3.05, 3.63) is 58.7 Å². The lowest BCUT2D eigenvalue weighted by Crippen LogP contribution is -2.44. The molecular weight excluding hydrogens is 519 g/mol. The molecule has 0 saturated carbocycles. The highest BCUT2D eigenvalue weighted by molar-refractivity contribution is 14.0. The van der Waals surface area contributed by atoms with Gasteiger partial charge >= 0.3 is 0 Å². The zero-order valence-electron chi connectivity index (χ0n) is 19.2. The Morgan fingerprint density at radius 1 is 1.12 bits per heavy atom. The van der Waals surface area contributed by atoms with E-state index in [-0.39, 0.29) is 29.9 Å². The molecule has 3 rings (SSSR count). The Morgan fingerprint density at radius 3 is 2.50 bits per heavy atom. The lowest BCUT2D eigenvalue weighted by atomic mass is 9.99. The van der Waals surface area contributed by atoms with Gasteiger partial charge in [-0.3, -0.25) is 9.79 Å². The molecule has 0 radical (unpaired) electrons. The number of rotatable bonds is 7. The molecule has 1 amide bonds. The van der Waals surface area contributed by atoms with E-state index in [0.29, 0.717) is 12.1 Å². The molecular formula is C24H33IN4O3. The van der Waals surface area contributed by atoms with Gasteiger partial charge < -0.3 is 25.0 Å². The molecule has 0 fully saturated rings. The number of fused-ring (bicyclic) bond motifs is 1. The van der Waals surface area contributed by atoms with Gasteiger partial charge in [0.1, 0.15) is 0 Å². The van der Waals surface area contributed by atoms with E-state index in [2.05, 4.69) is 34.6 Å². The first-order valence-corrected chi connectivity index (χ1v) is 10.7. The number of nitrogens with one attached hydrogen (secondary N) is 2. The van der Waals surface area contributed by atoms with Crippen LogP contribution in [0.5, 0.6) is 11.5 Å². The van der Waals surface area contributed by atoms with Gasteiger partial charge in [0.2, 0.25) is 0 Å². The van der Waals surface area contributed by atoms with Crippen LogP contribution in [-0.4, -0.2) is 57.7 Å². The van der Waals surface area contributed by atoms with Crippen molar-refractivity contribution >= 4 is 35.8 Å². The number of benzene rings is 2.